The lowest BCUT2D eigenvalue weighted by Gasteiger charge is -2.21. The molecule has 0 aliphatic carbocycles. The first-order valence-electron chi connectivity index (χ1n) is 5.39. The van der Waals surface area contributed by atoms with Gasteiger partial charge in [-0.25, -0.2) is 0 Å². The molecule has 0 amide bonds. The van der Waals surface area contributed by atoms with E-state index in [1.165, 1.54) is 6.07 Å². The van der Waals surface area contributed by atoms with Crippen LogP contribution < -0.4 is 5.73 Å². The minimum atomic E-state index is -4.37. The molecule has 0 saturated carbocycles. The van der Waals surface area contributed by atoms with Crippen LogP contribution in [0.3, 0.4) is 0 Å². The summed E-state index contributed by atoms with van der Waals surface area (Å²) in [7, 11) is 0. The van der Waals surface area contributed by atoms with Crippen molar-refractivity contribution in [2.75, 3.05) is 0 Å². The maximum Gasteiger partial charge on any atom is 0.416 e. The summed E-state index contributed by atoms with van der Waals surface area (Å²) in [5, 5.41) is 0.283. The van der Waals surface area contributed by atoms with Gasteiger partial charge in [0.2, 0.25) is 0 Å². The van der Waals surface area contributed by atoms with Crippen molar-refractivity contribution in [2.24, 2.45) is 11.7 Å². The molecule has 0 fully saturated rings. The zero-order valence-electron chi connectivity index (χ0n) is 9.68. The normalized spacial score (nSPS) is 15.7. The van der Waals surface area contributed by atoms with Crippen LogP contribution in [0.25, 0.3) is 0 Å². The van der Waals surface area contributed by atoms with Gasteiger partial charge >= 0.3 is 6.18 Å². The van der Waals surface area contributed by atoms with E-state index < -0.39 is 17.8 Å². The van der Waals surface area contributed by atoms with Gasteiger partial charge in [-0.1, -0.05) is 31.9 Å². The Balaban J connectivity index is 3.15. The van der Waals surface area contributed by atoms with Crippen LogP contribution in [0.15, 0.2) is 18.2 Å². The molecule has 1 nitrogen and oxygen atoms in total. The molecule has 17 heavy (non-hydrogen) atoms. The Morgan fingerprint density at radius 3 is 2.41 bits per heavy atom. The molecule has 0 heterocycles. The minimum Gasteiger partial charge on any atom is -0.324 e. The number of halogens is 4. The first kappa shape index (κ1) is 14.3. The summed E-state index contributed by atoms with van der Waals surface area (Å²) in [4.78, 5) is 0. The number of hydrogen-bond acceptors (Lipinski definition) is 1. The highest BCUT2D eigenvalue weighted by molar-refractivity contribution is 6.31. The lowest BCUT2D eigenvalue weighted by molar-refractivity contribution is -0.137. The Morgan fingerprint density at radius 2 is 1.94 bits per heavy atom. The highest BCUT2D eigenvalue weighted by Gasteiger charge is 2.31. The molecule has 0 aliphatic rings. The topological polar surface area (TPSA) is 26.0 Å². The fourth-order valence-corrected chi connectivity index (χ4v) is 1.78. The molecule has 96 valence electrons. The third kappa shape index (κ3) is 3.36. The predicted octanol–water partition coefficient (Wildman–Crippen LogP) is 4.40. The molecule has 1 rings (SSSR count). The van der Waals surface area contributed by atoms with E-state index in [4.69, 9.17) is 17.3 Å². The van der Waals surface area contributed by atoms with Gasteiger partial charge in [-0.05, 0) is 29.7 Å². The largest absolute Gasteiger partial charge is 0.416 e. The molecule has 2 atom stereocenters. The highest BCUT2D eigenvalue weighted by atomic mass is 35.5. The molecule has 2 N–H and O–H groups in total. The summed E-state index contributed by atoms with van der Waals surface area (Å²) in [6.07, 6.45) is -3.58. The molecule has 0 aromatic heterocycles. The third-order valence-electron chi connectivity index (χ3n) is 2.94. The molecule has 1 aromatic rings. The van der Waals surface area contributed by atoms with Gasteiger partial charge in [0.25, 0.3) is 0 Å². The minimum absolute atomic E-state index is 0.0796. The Morgan fingerprint density at radius 1 is 1.35 bits per heavy atom. The highest BCUT2D eigenvalue weighted by Crippen LogP contribution is 2.35. The maximum absolute atomic E-state index is 12.6. The van der Waals surface area contributed by atoms with Crippen LogP contribution in [0.5, 0.6) is 0 Å². The van der Waals surface area contributed by atoms with E-state index in [2.05, 4.69) is 0 Å². The van der Waals surface area contributed by atoms with Gasteiger partial charge in [-0.2, -0.15) is 13.2 Å². The number of rotatable bonds is 3. The number of benzene rings is 1. The van der Waals surface area contributed by atoms with Crippen LogP contribution in [0.1, 0.15) is 37.4 Å². The standard InChI is InChI=1S/C12H15ClF3N/c1-3-7(2)11(17)9-6-8(12(14,15)16)4-5-10(9)13/h4-7,11H,3,17H2,1-2H3/t7?,11-/m0/s1. The van der Waals surface area contributed by atoms with Gasteiger partial charge in [0.1, 0.15) is 0 Å². The van der Waals surface area contributed by atoms with Gasteiger partial charge < -0.3 is 5.73 Å². The van der Waals surface area contributed by atoms with Crippen molar-refractivity contribution in [1.82, 2.24) is 0 Å². The zero-order chi connectivity index (χ0) is 13.2. The van der Waals surface area contributed by atoms with Gasteiger partial charge in [0, 0.05) is 11.1 Å². The summed E-state index contributed by atoms with van der Waals surface area (Å²) in [6.45, 7) is 3.83. The van der Waals surface area contributed by atoms with Crippen molar-refractivity contribution in [3.63, 3.8) is 0 Å². The molecule has 0 spiro atoms. The summed E-state index contributed by atoms with van der Waals surface area (Å²) in [6, 6.07) is 2.78. The maximum atomic E-state index is 12.6. The van der Waals surface area contributed by atoms with Crippen molar-refractivity contribution in [3.8, 4) is 0 Å². The molecule has 0 saturated heterocycles. The van der Waals surface area contributed by atoms with Gasteiger partial charge in [-0.15, -0.1) is 0 Å². The summed E-state index contributed by atoms with van der Waals surface area (Å²) in [5.74, 6) is 0.0796. The fourth-order valence-electron chi connectivity index (χ4n) is 1.54. The van der Waals surface area contributed by atoms with Crippen molar-refractivity contribution in [2.45, 2.75) is 32.5 Å². The lowest BCUT2D eigenvalue weighted by Crippen LogP contribution is -2.20. The Kier molecular flexibility index (Phi) is 4.44. The molecule has 0 aliphatic heterocycles. The van der Waals surface area contributed by atoms with Crippen LogP contribution in [-0.2, 0) is 6.18 Å². The Bertz CT molecular complexity index is 390. The van der Waals surface area contributed by atoms with Crippen molar-refractivity contribution >= 4 is 11.6 Å². The second-order valence-electron chi connectivity index (χ2n) is 4.15. The van der Waals surface area contributed by atoms with E-state index in [-0.39, 0.29) is 10.9 Å². The van der Waals surface area contributed by atoms with E-state index in [0.29, 0.717) is 5.56 Å². The van der Waals surface area contributed by atoms with E-state index in [9.17, 15) is 13.2 Å². The van der Waals surface area contributed by atoms with E-state index in [1.807, 2.05) is 13.8 Å². The second-order valence-corrected chi connectivity index (χ2v) is 4.55. The molecule has 0 bridgehead atoms. The first-order chi connectivity index (χ1) is 7.77. The molecule has 1 aromatic carbocycles. The SMILES string of the molecule is CCC(C)[C@H](N)c1cc(C(F)(F)F)ccc1Cl. The quantitative estimate of drug-likeness (QED) is 0.861. The van der Waals surface area contributed by atoms with Crippen LogP contribution in [0.2, 0.25) is 5.02 Å². The third-order valence-corrected chi connectivity index (χ3v) is 3.28. The molecular formula is C12H15ClF3N. The summed E-state index contributed by atoms with van der Waals surface area (Å²) < 4.78 is 37.7. The molecule has 1 unspecified atom stereocenters. The smallest absolute Gasteiger partial charge is 0.324 e. The lowest BCUT2D eigenvalue weighted by atomic mass is 9.92. The second kappa shape index (κ2) is 5.27. The van der Waals surface area contributed by atoms with E-state index >= 15 is 0 Å². The summed E-state index contributed by atoms with van der Waals surface area (Å²) >= 11 is 5.89. The summed E-state index contributed by atoms with van der Waals surface area (Å²) in [5.41, 5.74) is 5.56. The van der Waals surface area contributed by atoms with Crippen molar-refractivity contribution < 1.29 is 13.2 Å². The average molecular weight is 266 g/mol. The molecular weight excluding hydrogens is 251 g/mol. The number of nitrogens with two attached hydrogens (primary N) is 1. The van der Waals surface area contributed by atoms with Crippen molar-refractivity contribution in [3.05, 3.63) is 34.3 Å². The van der Waals surface area contributed by atoms with Gasteiger partial charge in [0.05, 0.1) is 5.56 Å². The predicted molar refractivity (Wildman–Crippen MR) is 62.8 cm³/mol. The monoisotopic (exact) mass is 265 g/mol. The molecule has 0 radical (unpaired) electrons. The van der Waals surface area contributed by atoms with Crippen molar-refractivity contribution in [1.29, 1.82) is 0 Å². The van der Waals surface area contributed by atoms with Gasteiger partial charge in [-0.3, -0.25) is 0 Å². The first-order valence-corrected chi connectivity index (χ1v) is 5.77. The van der Waals surface area contributed by atoms with Crippen LogP contribution >= 0.6 is 11.6 Å². The number of hydrogen-bond donors (Lipinski definition) is 1. The average Bonchev–Trinajstić information content (AvgIpc) is 2.26. The van der Waals surface area contributed by atoms with Crippen LogP contribution in [-0.4, -0.2) is 0 Å². The fraction of sp³-hybridized carbons (Fsp3) is 0.500. The van der Waals surface area contributed by atoms with Crippen LogP contribution in [0, 0.1) is 5.92 Å². The number of alkyl halides is 3. The van der Waals surface area contributed by atoms with Crippen LogP contribution in [0.4, 0.5) is 13.2 Å². The zero-order valence-corrected chi connectivity index (χ0v) is 10.4. The Labute approximate surface area is 104 Å². The van der Waals surface area contributed by atoms with E-state index in [0.717, 1.165) is 18.6 Å². The van der Waals surface area contributed by atoms with Gasteiger partial charge in [0.15, 0.2) is 0 Å². The van der Waals surface area contributed by atoms with E-state index in [1.54, 1.807) is 0 Å². The Hall–Kier alpha value is -0.740. The molecule has 5 heteroatoms.